The Morgan fingerprint density at radius 2 is 1.91 bits per heavy atom. The quantitative estimate of drug-likeness (QED) is 0.523. The summed E-state index contributed by atoms with van der Waals surface area (Å²) in [6.07, 6.45) is 3.67. The first-order chi connectivity index (χ1) is 10.4. The van der Waals surface area contributed by atoms with Crippen molar-refractivity contribution in [1.82, 2.24) is 4.90 Å². The molecule has 0 heterocycles. The number of ether oxygens (including phenoxy) is 1. The van der Waals surface area contributed by atoms with Crippen molar-refractivity contribution in [1.29, 1.82) is 0 Å². The van der Waals surface area contributed by atoms with Gasteiger partial charge in [-0.05, 0) is 19.3 Å². The maximum absolute atomic E-state index is 12.6. The predicted molar refractivity (Wildman–Crippen MR) is 84.8 cm³/mol. The van der Waals surface area contributed by atoms with Gasteiger partial charge in [-0.15, -0.1) is 0 Å². The van der Waals surface area contributed by atoms with Crippen LogP contribution in [-0.4, -0.2) is 52.8 Å². The third-order valence-corrected chi connectivity index (χ3v) is 4.69. The number of amides is 1. The van der Waals surface area contributed by atoms with Gasteiger partial charge in [0.25, 0.3) is 0 Å². The predicted octanol–water partition coefficient (Wildman–Crippen LogP) is 1.73. The Balaban J connectivity index is 2.94. The number of methoxy groups -OCH3 is 1. The number of carbonyl (C=O) groups excluding carboxylic acids is 2. The van der Waals surface area contributed by atoms with E-state index in [9.17, 15) is 19.5 Å². The van der Waals surface area contributed by atoms with Gasteiger partial charge in [0, 0.05) is 24.1 Å². The Morgan fingerprint density at radius 1 is 1.32 bits per heavy atom. The Morgan fingerprint density at radius 3 is 2.36 bits per heavy atom. The summed E-state index contributed by atoms with van der Waals surface area (Å²) < 4.78 is 4.57. The van der Waals surface area contributed by atoms with Crippen LogP contribution in [0.3, 0.4) is 0 Å². The van der Waals surface area contributed by atoms with Gasteiger partial charge in [0.1, 0.15) is 6.04 Å². The van der Waals surface area contributed by atoms with Crippen molar-refractivity contribution in [3.8, 4) is 0 Å². The zero-order valence-electron chi connectivity index (χ0n) is 13.2. The maximum Gasteiger partial charge on any atom is 0.326 e. The second-order valence-electron chi connectivity index (χ2n) is 5.74. The summed E-state index contributed by atoms with van der Waals surface area (Å²) in [6.45, 7) is 1.75. The minimum atomic E-state index is -1.07. The van der Waals surface area contributed by atoms with Crippen molar-refractivity contribution < 1.29 is 24.2 Å². The molecule has 1 fully saturated rings. The van der Waals surface area contributed by atoms with Crippen LogP contribution >= 0.6 is 12.6 Å². The van der Waals surface area contributed by atoms with E-state index in [-0.39, 0.29) is 30.7 Å². The van der Waals surface area contributed by atoms with E-state index in [1.54, 1.807) is 6.92 Å². The Bertz CT molecular complexity index is 409. The van der Waals surface area contributed by atoms with Crippen LogP contribution in [0, 0.1) is 5.92 Å². The van der Waals surface area contributed by atoms with Crippen molar-refractivity contribution >= 4 is 30.5 Å². The smallest absolute Gasteiger partial charge is 0.326 e. The summed E-state index contributed by atoms with van der Waals surface area (Å²) >= 11 is 4.14. The lowest BCUT2D eigenvalue weighted by atomic mass is 10.0. The highest BCUT2D eigenvalue weighted by Crippen LogP contribution is 2.28. The maximum atomic E-state index is 12.6. The Hall–Kier alpha value is -1.24. The van der Waals surface area contributed by atoms with Crippen LogP contribution < -0.4 is 0 Å². The molecule has 0 aromatic carbocycles. The third kappa shape index (κ3) is 4.90. The molecule has 126 valence electrons. The highest BCUT2D eigenvalue weighted by Gasteiger charge is 2.38. The van der Waals surface area contributed by atoms with Gasteiger partial charge in [-0.1, -0.05) is 19.8 Å². The lowest BCUT2D eigenvalue weighted by molar-refractivity contribution is -0.155. The van der Waals surface area contributed by atoms with Crippen LogP contribution in [0.2, 0.25) is 0 Å². The van der Waals surface area contributed by atoms with E-state index in [0.717, 1.165) is 25.7 Å². The van der Waals surface area contributed by atoms with E-state index in [1.165, 1.54) is 12.0 Å². The fraction of sp³-hybridized carbons (Fsp3) is 0.800. The molecule has 1 aliphatic carbocycles. The van der Waals surface area contributed by atoms with E-state index >= 15 is 0 Å². The number of rotatable bonds is 8. The highest BCUT2D eigenvalue weighted by molar-refractivity contribution is 7.80. The van der Waals surface area contributed by atoms with E-state index in [1.807, 2.05) is 0 Å². The molecule has 0 unspecified atom stereocenters. The number of nitrogens with zero attached hydrogens (tertiary/aromatic N) is 1. The number of hydrogen-bond acceptors (Lipinski definition) is 5. The molecule has 0 radical (unpaired) electrons. The number of thiol groups is 1. The molecular formula is C15H25NO5S. The first kappa shape index (κ1) is 18.8. The third-order valence-electron chi connectivity index (χ3n) is 4.14. The zero-order valence-corrected chi connectivity index (χ0v) is 14.1. The molecule has 7 heteroatoms. The van der Waals surface area contributed by atoms with Crippen molar-refractivity contribution in [2.24, 2.45) is 5.92 Å². The molecule has 0 aliphatic heterocycles. The number of esters is 1. The lowest BCUT2D eigenvalue weighted by Crippen LogP contribution is -2.52. The number of aliphatic carboxylic acids is 1. The first-order valence-corrected chi connectivity index (χ1v) is 8.28. The van der Waals surface area contributed by atoms with Gasteiger partial charge in [-0.25, -0.2) is 4.79 Å². The van der Waals surface area contributed by atoms with E-state index in [0.29, 0.717) is 5.75 Å². The summed E-state index contributed by atoms with van der Waals surface area (Å²) in [5.41, 5.74) is 0. The van der Waals surface area contributed by atoms with Crippen molar-refractivity contribution in [3.63, 3.8) is 0 Å². The largest absolute Gasteiger partial charge is 0.480 e. The molecule has 0 bridgehead atoms. The van der Waals surface area contributed by atoms with Gasteiger partial charge >= 0.3 is 11.9 Å². The monoisotopic (exact) mass is 331 g/mol. The number of hydrogen-bond donors (Lipinski definition) is 2. The second-order valence-corrected chi connectivity index (χ2v) is 6.10. The van der Waals surface area contributed by atoms with Gasteiger partial charge in [0.05, 0.1) is 7.11 Å². The molecule has 6 nitrogen and oxygen atoms in total. The lowest BCUT2D eigenvalue weighted by Gasteiger charge is -2.36. The van der Waals surface area contributed by atoms with Gasteiger partial charge in [-0.3, -0.25) is 9.59 Å². The molecule has 1 N–H and O–H groups in total. The van der Waals surface area contributed by atoms with Gasteiger partial charge in [0.15, 0.2) is 0 Å². The molecule has 0 aromatic heterocycles. The van der Waals surface area contributed by atoms with E-state index in [4.69, 9.17) is 0 Å². The minimum absolute atomic E-state index is 0.0147. The molecule has 2 atom stereocenters. The summed E-state index contributed by atoms with van der Waals surface area (Å²) in [6, 6.07) is -1.05. The van der Waals surface area contributed by atoms with Crippen molar-refractivity contribution in [2.75, 3.05) is 12.9 Å². The van der Waals surface area contributed by atoms with Crippen LogP contribution in [0.1, 0.15) is 45.4 Å². The fourth-order valence-electron chi connectivity index (χ4n) is 2.84. The molecular weight excluding hydrogens is 306 g/mol. The van der Waals surface area contributed by atoms with Crippen molar-refractivity contribution in [2.45, 2.75) is 57.5 Å². The SMILES string of the molecule is COC(=O)CC[C@@H](C(=O)O)N(C(=O)[C@H](C)CS)C1CCCC1. The van der Waals surface area contributed by atoms with Crippen LogP contribution in [0.15, 0.2) is 0 Å². The summed E-state index contributed by atoms with van der Waals surface area (Å²) in [7, 11) is 1.26. The number of carboxylic acid groups (broad SMARTS) is 1. The van der Waals surface area contributed by atoms with Gasteiger partial charge in [0.2, 0.25) is 5.91 Å². The number of carbonyl (C=O) groups is 3. The molecule has 1 aliphatic rings. The summed E-state index contributed by atoms with van der Waals surface area (Å²) in [5, 5.41) is 9.53. The first-order valence-electron chi connectivity index (χ1n) is 7.65. The normalized spacial score (nSPS) is 17.8. The summed E-state index contributed by atoms with van der Waals surface area (Å²) in [5.74, 6) is -1.71. The topological polar surface area (TPSA) is 83.9 Å². The fourth-order valence-corrected chi connectivity index (χ4v) is 3.00. The van der Waals surface area contributed by atoms with Crippen molar-refractivity contribution in [3.05, 3.63) is 0 Å². The molecule has 1 rings (SSSR count). The molecule has 0 saturated heterocycles. The molecule has 1 amide bonds. The average molecular weight is 331 g/mol. The van der Waals surface area contributed by atoms with Gasteiger partial charge in [-0.2, -0.15) is 12.6 Å². The average Bonchev–Trinajstić information content (AvgIpc) is 3.02. The summed E-state index contributed by atoms with van der Waals surface area (Å²) in [4.78, 5) is 37.1. The van der Waals surface area contributed by atoms with Crippen LogP contribution in [-0.2, 0) is 19.1 Å². The Kier molecular flexibility index (Phi) is 7.72. The van der Waals surface area contributed by atoms with E-state index < -0.39 is 18.0 Å². The van der Waals surface area contributed by atoms with Crippen LogP contribution in [0.25, 0.3) is 0 Å². The molecule has 0 aromatic rings. The van der Waals surface area contributed by atoms with E-state index in [2.05, 4.69) is 17.4 Å². The van der Waals surface area contributed by atoms with Gasteiger partial charge < -0.3 is 14.7 Å². The van der Waals surface area contributed by atoms with Crippen LogP contribution in [0.5, 0.6) is 0 Å². The zero-order chi connectivity index (χ0) is 16.7. The second kappa shape index (κ2) is 9.02. The number of carboxylic acids is 1. The minimum Gasteiger partial charge on any atom is -0.480 e. The molecule has 22 heavy (non-hydrogen) atoms. The molecule has 0 spiro atoms. The standard InChI is InChI=1S/C15H25NO5S/c1-10(9-22)14(18)16(11-5-3-4-6-11)12(15(19)20)7-8-13(17)21-2/h10-12,22H,3-9H2,1-2H3,(H,19,20)/t10-,12+/m1/s1. The van der Waals surface area contributed by atoms with Crippen LogP contribution in [0.4, 0.5) is 0 Å². The molecule has 1 saturated carbocycles. The highest BCUT2D eigenvalue weighted by atomic mass is 32.1. The Labute approximate surface area is 136 Å².